The largest absolute Gasteiger partial charge is 0.445 e. The number of nitrogens with one attached hydrogen (secondary N) is 2. The van der Waals surface area contributed by atoms with Crippen LogP contribution < -0.4 is 10.6 Å². The van der Waals surface area contributed by atoms with Crippen LogP contribution in [0.1, 0.15) is 64.5 Å². The molecule has 1 aliphatic heterocycles. The summed E-state index contributed by atoms with van der Waals surface area (Å²) in [5.41, 5.74) is 0.758. The van der Waals surface area contributed by atoms with E-state index in [0.717, 1.165) is 11.1 Å². The third-order valence-electron chi connectivity index (χ3n) is 6.09. The molecule has 2 aromatic carbocycles. The van der Waals surface area contributed by atoms with Crippen LogP contribution in [0.15, 0.2) is 54.6 Å². The number of rotatable bonds is 6. The van der Waals surface area contributed by atoms with E-state index in [1.165, 1.54) is 0 Å². The molecule has 3 rings (SSSR count). The number of amides is 3. The molecule has 0 bridgehead atoms. The number of likely N-dealkylation sites (tertiary alicyclic amines) is 1. The molecule has 1 fully saturated rings. The number of piperidine rings is 1. The molecule has 0 saturated carbocycles. The number of benzene rings is 2. The average molecular weight is 496 g/mol. The normalized spacial score (nSPS) is 15.2. The smallest absolute Gasteiger partial charge is 0.410 e. The summed E-state index contributed by atoms with van der Waals surface area (Å²) < 4.78 is 10.9. The second-order valence-corrected chi connectivity index (χ2v) is 10.5. The minimum absolute atomic E-state index is 0.171. The number of hydrogen-bond acceptors (Lipinski definition) is 5. The van der Waals surface area contributed by atoms with E-state index in [1.54, 1.807) is 25.7 Å². The molecular weight excluding hydrogens is 458 g/mol. The fraction of sp³-hybridized carbons (Fsp3) is 0.464. The quantitative estimate of drug-likeness (QED) is 0.556. The first-order valence-electron chi connectivity index (χ1n) is 12.4. The van der Waals surface area contributed by atoms with Crippen molar-refractivity contribution in [1.29, 1.82) is 0 Å². The summed E-state index contributed by atoms with van der Waals surface area (Å²) in [5.74, 6) is 0.0314. The van der Waals surface area contributed by atoms with Crippen molar-refractivity contribution < 1.29 is 23.9 Å². The Balaban J connectivity index is 1.69. The van der Waals surface area contributed by atoms with Gasteiger partial charge in [0, 0.05) is 18.8 Å². The highest BCUT2D eigenvalue weighted by atomic mass is 16.6. The summed E-state index contributed by atoms with van der Waals surface area (Å²) in [6.45, 7) is 10.2. The highest BCUT2D eigenvalue weighted by Gasteiger charge is 2.45. The van der Waals surface area contributed by atoms with Gasteiger partial charge in [0.25, 0.3) is 0 Å². The Labute approximate surface area is 213 Å². The third kappa shape index (κ3) is 7.47. The van der Waals surface area contributed by atoms with E-state index in [1.807, 2.05) is 54.6 Å². The maximum absolute atomic E-state index is 13.5. The van der Waals surface area contributed by atoms with Crippen LogP contribution in [0.2, 0.25) is 0 Å². The predicted octanol–water partition coefficient (Wildman–Crippen LogP) is 5.44. The molecule has 2 N–H and O–H groups in total. The maximum atomic E-state index is 13.5. The van der Waals surface area contributed by atoms with Gasteiger partial charge in [-0.15, -0.1) is 0 Å². The lowest BCUT2D eigenvalue weighted by atomic mass is 9.86. The lowest BCUT2D eigenvalue weighted by Gasteiger charge is -2.40. The molecule has 0 spiro atoms. The molecule has 1 aliphatic rings. The van der Waals surface area contributed by atoms with E-state index in [2.05, 4.69) is 24.5 Å². The fourth-order valence-electron chi connectivity index (χ4n) is 3.99. The maximum Gasteiger partial charge on any atom is 0.410 e. The first-order valence-corrected chi connectivity index (χ1v) is 12.4. The van der Waals surface area contributed by atoms with E-state index in [-0.39, 0.29) is 38.4 Å². The van der Waals surface area contributed by atoms with Gasteiger partial charge in [0.1, 0.15) is 17.7 Å². The molecule has 3 amide bonds. The van der Waals surface area contributed by atoms with E-state index in [9.17, 15) is 14.4 Å². The van der Waals surface area contributed by atoms with Crippen molar-refractivity contribution in [3.63, 3.8) is 0 Å². The molecule has 1 heterocycles. The lowest BCUT2D eigenvalue weighted by molar-refractivity contribution is -0.124. The lowest BCUT2D eigenvalue weighted by Crippen LogP contribution is -2.62. The number of ether oxygens (including phenoxy) is 2. The number of anilines is 1. The van der Waals surface area contributed by atoms with Gasteiger partial charge in [-0.2, -0.15) is 0 Å². The van der Waals surface area contributed by atoms with Gasteiger partial charge in [0.05, 0.1) is 0 Å². The van der Waals surface area contributed by atoms with Crippen molar-refractivity contribution >= 4 is 23.8 Å². The summed E-state index contributed by atoms with van der Waals surface area (Å²) in [6, 6.07) is 17.1. The summed E-state index contributed by atoms with van der Waals surface area (Å²) in [4.78, 5) is 40.3. The standard InChI is InChI=1S/C28H37N3O5/c1-20(2)22-11-13-23(14-12-22)29-24(32)28(30-25(33)36-27(3,4)5)15-17-31(18-16-28)26(34)35-19-21-9-7-6-8-10-21/h6-14,20H,15-19H2,1-5H3,(H,29,32)(H,30,33). The van der Waals surface area contributed by atoms with Crippen LogP contribution in [0, 0.1) is 0 Å². The van der Waals surface area contributed by atoms with Crippen LogP contribution >= 0.6 is 0 Å². The molecule has 0 aliphatic carbocycles. The number of carbonyl (C=O) groups is 3. The number of carbonyl (C=O) groups excluding carboxylic acids is 3. The molecule has 0 radical (unpaired) electrons. The summed E-state index contributed by atoms with van der Waals surface area (Å²) >= 11 is 0. The predicted molar refractivity (Wildman–Crippen MR) is 139 cm³/mol. The van der Waals surface area contributed by atoms with Crippen molar-refractivity contribution in [1.82, 2.24) is 10.2 Å². The van der Waals surface area contributed by atoms with Crippen LogP contribution in [-0.4, -0.2) is 47.2 Å². The fourth-order valence-corrected chi connectivity index (χ4v) is 3.99. The monoisotopic (exact) mass is 495 g/mol. The Morgan fingerprint density at radius 1 is 0.972 bits per heavy atom. The zero-order valence-corrected chi connectivity index (χ0v) is 21.8. The van der Waals surface area contributed by atoms with Crippen molar-refractivity contribution in [2.45, 2.75) is 71.1 Å². The Bertz CT molecular complexity index is 1040. The highest BCUT2D eigenvalue weighted by Crippen LogP contribution is 2.27. The SMILES string of the molecule is CC(C)c1ccc(NC(=O)C2(NC(=O)OC(C)(C)C)CCN(C(=O)OCc3ccccc3)CC2)cc1. The van der Waals surface area contributed by atoms with E-state index in [4.69, 9.17) is 9.47 Å². The van der Waals surface area contributed by atoms with Crippen LogP contribution in [0.5, 0.6) is 0 Å². The first kappa shape index (κ1) is 27.0. The first-order chi connectivity index (χ1) is 17.0. The van der Waals surface area contributed by atoms with E-state index < -0.39 is 23.3 Å². The minimum Gasteiger partial charge on any atom is -0.445 e. The van der Waals surface area contributed by atoms with Crippen molar-refractivity contribution in [3.8, 4) is 0 Å². The number of nitrogens with zero attached hydrogens (tertiary/aromatic N) is 1. The Morgan fingerprint density at radius 3 is 2.14 bits per heavy atom. The van der Waals surface area contributed by atoms with Gasteiger partial charge in [-0.05, 0) is 62.8 Å². The molecule has 0 aromatic heterocycles. The van der Waals surface area contributed by atoms with Gasteiger partial charge in [-0.1, -0.05) is 56.3 Å². The minimum atomic E-state index is -1.23. The summed E-state index contributed by atoms with van der Waals surface area (Å²) in [5, 5.41) is 5.74. The molecule has 194 valence electrons. The van der Waals surface area contributed by atoms with Gasteiger partial charge < -0.3 is 25.0 Å². The number of hydrogen-bond donors (Lipinski definition) is 2. The highest BCUT2D eigenvalue weighted by molar-refractivity contribution is 6.00. The van der Waals surface area contributed by atoms with Gasteiger partial charge in [-0.3, -0.25) is 4.79 Å². The van der Waals surface area contributed by atoms with Crippen molar-refractivity contribution in [2.24, 2.45) is 0 Å². The molecule has 0 atom stereocenters. The van der Waals surface area contributed by atoms with Gasteiger partial charge in [0.15, 0.2) is 0 Å². The second kappa shape index (κ2) is 11.5. The average Bonchev–Trinajstić information content (AvgIpc) is 2.82. The van der Waals surface area contributed by atoms with E-state index >= 15 is 0 Å². The second-order valence-electron chi connectivity index (χ2n) is 10.5. The van der Waals surface area contributed by atoms with Crippen LogP contribution in [-0.2, 0) is 20.9 Å². The Morgan fingerprint density at radius 2 is 1.58 bits per heavy atom. The molecule has 1 saturated heterocycles. The Hall–Kier alpha value is -3.55. The van der Waals surface area contributed by atoms with Crippen LogP contribution in [0.25, 0.3) is 0 Å². The topological polar surface area (TPSA) is 97.0 Å². The molecule has 8 nitrogen and oxygen atoms in total. The third-order valence-corrected chi connectivity index (χ3v) is 6.09. The molecular formula is C28H37N3O5. The van der Waals surface area contributed by atoms with Gasteiger partial charge >= 0.3 is 12.2 Å². The van der Waals surface area contributed by atoms with Gasteiger partial charge in [0.2, 0.25) is 5.91 Å². The summed E-state index contributed by atoms with van der Waals surface area (Å²) in [6.07, 6.45) is -0.673. The van der Waals surface area contributed by atoms with Crippen LogP contribution in [0.4, 0.5) is 15.3 Å². The van der Waals surface area contributed by atoms with Gasteiger partial charge in [-0.25, -0.2) is 9.59 Å². The van der Waals surface area contributed by atoms with Crippen LogP contribution in [0.3, 0.4) is 0 Å². The molecule has 2 aromatic rings. The molecule has 8 heteroatoms. The van der Waals surface area contributed by atoms with Crippen molar-refractivity contribution in [2.75, 3.05) is 18.4 Å². The zero-order chi connectivity index (χ0) is 26.3. The summed E-state index contributed by atoms with van der Waals surface area (Å²) in [7, 11) is 0. The zero-order valence-electron chi connectivity index (χ0n) is 21.8. The molecule has 36 heavy (non-hydrogen) atoms. The Kier molecular flexibility index (Phi) is 8.61. The van der Waals surface area contributed by atoms with E-state index in [0.29, 0.717) is 11.6 Å². The molecule has 0 unspecified atom stereocenters. The number of alkyl carbamates (subject to hydrolysis) is 1. The van der Waals surface area contributed by atoms with Crippen molar-refractivity contribution in [3.05, 3.63) is 65.7 Å².